The van der Waals surface area contributed by atoms with E-state index in [4.69, 9.17) is 11.6 Å². The highest BCUT2D eigenvalue weighted by atomic mass is 79.9. The number of carbonyl (C=O) groups is 1. The highest BCUT2D eigenvalue weighted by Crippen LogP contribution is 2.17. The predicted molar refractivity (Wildman–Crippen MR) is 76.2 cm³/mol. The summed E-state index contributed by atoms with van der Waals surface area (Å²) in [6.45, 7) is 5.50. The first-order chi connectivity index (χ1) is 8.10. The van der Waals surface area contributed by atoms with Crippen LogP contribution in [0.4, 0.5) is 0 Å². The van der Waals surface area contributed by atoms with Gasteiger partial charge in [0.1, 0.15) is 0 Å². The topological polar surface area (TPSA) is 20.3 Å². The predicted octanol–water partition coefficient (Wildman–Crippen LogP) is 3.90. The molecule has 0 heterocycles. The number of nitrogens with zero attached hydrogens (tertiary/aromatic N) is 1. The van der Waals surface area contributed by atoms with Gasteiger partial charge < -0.3 is 4.90 Å². The first-order valence-corrected chi connectivity index (χ1v) is 7.21. The molecule has 0 aliphatic carbocycles. The number of hydrogen-bond donors (Lipinski definition) is 0. The summed E-state index contributed by atoms with van der Waals surface area (Å²) in [6, 6.07) is 5.42. The molecule has 0 bridgehead atoms. The average molecular weight is 319 g/mol. The van der Waals surface area contributed by atoms with Gasteiger partial charge in [-0.2, -0.15) is 0 Å². The smallest absolute Gasteiger partial charge is 0.253 e. The fourth-order valence-electron chi connectivity index (χ4n) is 1.65. The molecule has 17 heavy (non-hydrogen) atoms. The Morgan fingerprint density at radius 1 is 1.41 bits per heavy atom. The van der Waals surface area contributed by atoms with Crippen LogP contribution in [-0.4, -0.2) is 29.2 Å². The number of rotatable bonds is 5. The second-order valence-electron chi connectivity index (χ2n) is 3.95. The molecular weight excluding hydrogens is 302 g/mol. The van der Waals surface area contributed by atoms with E-state index in [9.17, 15) is 4.79 Å². The maximum Gasteiger partial charge on any atom is 0.253 e. The number of amides is 1. The molecule has 1 aromatic rings. The molecule has 0 saturated carbocycles. The first-order valence-electron chi connectivity index (χ1n) is 5.71. The van der Waals surface area contributed by atoms with Crippen LogP contribution in [0.3, 0.4) is 0 Å². The van der Waals surface area contributed by atoms with Crippen molar-refractivity contribution in [1.82, 2.24) is 4.90 Å². The Morgan fingerprint density at radius 2 is 2.12 bits per heavy atom. The van der Waals surface area contributed by atoms with Gasteiger partial charge in [0, 0.05) is 29.0 Å². The van der Waals surface area contributed by atoms with Gasteiger partial charge in [-0.1, -0.05) is 34.5 Å². The van der Waals surface area contributed by atoms with Crippen molar-refractivity contribution >= 4 is 33.4 Å². The fraction of sp³-hybridized carbons (Fsp3) is 0.462. The van der Waals surface area contributed by atoms with Crippen LogP contribution in [0.25, 0.3) is 0 Å². The minimum Gasteiger partial charge on any atom is -0.338 e. The Bertz CT molecular complexity index is 389. The molecule has 0 spiro atoms. The number of alkyl halides is 1. The van der Waals surface area contributed by atoms with Crippen LogP contribution in [-0.2, 0) is 0 Å². The third-order valence-electron chi connectivity index (χ3n) is 2.54. The van der Waals surface area contributed by atoms with Crippen LogP contribution in [0.2, 0.25) is 5.02 Å². The van der Waals surface area contributed by atoms with Gasteiger partial charge in [0.05, 0.1) is 0 Å². The molecule has 1 aromatic carbocycles. The Kier molecular flexibility index (Phi) is 6.00. The van der Waals surface area contributed by atoms with Crippen molar-refractivity contribution in [3.8, 4) is 0 Å². The molecule has 94 valence electrons. The third kappa shape index (κ3) is 4.00. The van der Waals surface area contributed by atoms with E-state index < -0.39 is 0 Å². The van der Waals surface area contributed by atoms with Crippen molar-refractivity contribution in [3.63, 3.8) is 0 Å². The van der Waals surface area contributed by atoms with Crippen molar-refractivity contribution in [2.75, 3.05) is 18.4 Å². The Balaban J connectivity index is 2.88. The van der Waals surface area contributed by atoms with E-state index in [1.807, 2.05) is 17.9 Å². The summed E-state index contributed by atoms with van der Waals surface area (Å²) < 4.78 is 0. The lowest BCUT2D eigenvalue weighted by atomic mass is 10.1. The Morgan fingerprint density at radius 3 is 2.65 bits per heavy atom. The highest BCUT2D eigenvalue weighted by molar-refractivity contribution is 9.09. The van der Waals surface area contributed by atoms with Gasteiger partial charge in [-0.3, -0.25) is 4.79 Å². The van der Waals surface area contributed by atoms with Crippen molar-refractivity contribution in [3.05, 3.63) is 34.3 Å². The summed E-state index contributed by atoms with van der Waals surface area (Å²) >= 11 is 9.33. The Labute approximate surface area is 116 Å². The molecular formula is C13H17BrClNO. The first kappa shape index (κ1) is 14.5. The Hall–Kier alpha value is -0.540. The van der Waals surface area contributed by atoms with E-state index in [-0.39, 0.29) is 5.91 Å². The zero-order chi connectivity index (χ0) is 12.8. The summed E-state index contributed by atoms with van der Waals surface area (Å²) in [5.74, 6) is 0.0751. The number of benzene rings is 1. The minimum atomic E-state index is 0.0751. The molecule has 0 radical (unpaired) electrons. The molecule has 0 unspecified atom stereocenters. The van der Waals surface area contributed by atoms with E-state index in [1.165, 1.54) is 0 Å². The molecule has 0 aromatic heterocycles. The third-order valence-corrected chi connectivity index (χ3v) is 3.32. The van der Waals surface area contributed by atoms with Gasteiger partial charge in [0.15, 0.2) is 0 Å². The van der Waals surface area contributed by atoms with Crippen molar-refractivity contribution in [2.45, 2.75) is 20.3 Å². The van der Waals surface area contributed by atoms with Gasteiger partial charge in [-0.15, -0.1) is 0 Å². The summed E-state index contributed by atoms with van der Waals surface area (Å²) in [6.07, 6.45) is 0.964. The van der Waals surface area contributed by atoms with Crippen molar-refractivity contribution in [1.29, 1.82) is 0 Å². The molecule has 0 aliphatic heterocycles. The normalized spacial score (nSPS) is 10.4. The van der Waals surface area contributed by atoms with Gasteiger partial charge in [0.2, 0.25) is 0 Å². The lowest BCUT2D eigenvalue weighted by molar-refractivity contribution is 0.0766. The van der Waals surface area contributed by atoms with Gasteiger partial charge in [0.25, 0.3) is 5.91 Å². The monoisotopic (exact) mass is 317 g/mol. The number of aryl methyl sites for hydroxylation is 1. The maximum absolute atomic E-state index is 12.3. The molecule has 1 rings (SSSR count). The number of halogens is 2. The van der Waals surface area contributed by atoms with E-state index in [0.29, 0.717) is 10.6 Å². The van der Waals surface area contributed by atoms with E-state index in [1.54, 1.807) is 12.1 Å². The molecule has 4 heteroatoms. The average Bonchev–Trinajstić information content (AvgIpc) is 2.31. The van der Waals surface area contributed by atoms with Crippen molar-refractivity contribution in [2.24, 2.45) is 0 Å². The number of carbonyl (C=O) groups excluding carboxylic acids is 1. The summed E-state index contributed by atoms with van der Waals surface area (Å²) in [5.41, 5.74) is 1.65. The van der Waals surface area contributed by atoms with Crippen LogP contribution >= 0.6 is 27.5 Å². The standard InChI is InChI=1S/C13H17BrClNO/c1-3-7-16(8-6-14)13(17)11-4-5-12(15)10(2)9-11/h4-5,9H,3,6-8H2,1-2H3. The quantitative estimate of drug-likeness (QED) is 0.754. The second-order valence-corrected chi connectivity index (χ2v) is 5.15. The van der Waals surface area contributed by atoms with Crippen molar-refractivity contribution < 1.29 is 4.79 Å². The highest BCUT2D eigenvalue weighted by Gasteiger charge is 2.14. The molecule has 0 aliphatic rings. The summed E-state index contributed by atoms with van der Waals surface area (Å²) in [7, 11) is 0. The minimum absolute atomic E-state index is 0.0751. The largest absolute Gasteiger partial charge is 0.338 e. The molecule has 2 nitrogen and oxygen atoms in total. The molecule has 0 saturated heterocycles. The SMILES string of the molecule is CCCN(CCBr)C(=O)c1ccc(Cl)c(C)c1. The maximum atomic E-state index is 12.3. The van der Waals surface area contributed by atoms with Gasteiger partial charge >= 0.3 is 0 Å². The molecule has 0 fully saturated rings. The van der Waals surface area contributed by atoms with E-state index in [0.717, 1.165) is 30.4 Å². The second kappa shape index (κ2) is 7.02. The zero-order valence-corrected chi connectivity index (χ0v) is 12.5. The van der Waals surface area contributed by atoms with Crippen LogP contribution in [0.5, 0.6) is 0 Å². The molecule has 0 atom stereocenters. The van der Waals surface area contributed by atoms with Crippen LogP contribution in [0, 0.1) is 6.92 Å². The van der Waals surface area contributed by atoms with Crippen LogP contribution in [0.15, 0.2) is 18.2 Å². The van der Waals surface area contributed by atoms with Gasteiger partial charge in [-0.05, 0) is 37.1 Å². The molecule has 0 N–H and O–H groups in total. The molecule has 1 amide bonds. The van der Waals surface area contributed by atoms with E-state index >= 15 is 0 Å². The van der Waals surface area contributed by atoms with E-state index in [2.05, 4.69) is 22.9 Å². The lowest BCUT2D eigenvalue weighted by Gasteiger charge is -2.21. The van der Waals surface area contributed by atoms with Crippen LogP contribution < -0.4 is 0 Å². The fourth-order valence-corrected chi connectivity index (χ4v) is 2.19. The van der Waals surface area contributed by atoms with Gasteiger partial charge in [-0.25, -0.2) is 0 Å². The zero-order valence-electron chi connectivity index (χ0n) is 10.2. The summed E-state index contributed by atoms with van der Waals surface area (Å²) in [4.78, 5) is 14.1. The number of hydrogen-bond acceptors (Lipinski definition) is 1. The lowest BCUT2D eigenvalue weighted by Crippen LogP contribution is -2.33. The van der Waals surface area contributed by atoms with Crippen LogP contribution in [0.1, 0.15) is 29.3 Å². The summed E-state index contributed by atoms with van der Waals surface area (Å²) in [5, 5.41) is 1.50.